The van der Waals surface area contributed by atoms with E-state index in [0.29, 0.717) is 28.9 Å². The van der Waals surface area contributed by atoms with Crippen LogP contribution in [0.1, 0.15) is 53.6 Å². The van der Waals surface area contributed by atoms with Gasteiger partial charge < -0.3 is 19.4 Å². The number of carbonyl (C=O) groups excluding carboxylic acids is 1. The van der Waals surface area contributed by atoms with E-state index in [2.05, 4.69) is 16.9 Å². The summed E-state index contributed by atoms with van der Waals surface area (Å²) in [5.41, 5.74) is 2.21. The van der Waals surface area contributed by atoms with Gasteiger partial charge in [0, 0.05) is 30.4 Å². The predicted molar refractivity (Wildman–Crippen MR) is 124 cm³/mol. The number of ether oxygens (including phenoxy) is 2. The molecule has 1 N–H and O–H groups in total. The van der Waals surface area contributed by atoms with Crippen LogP contribution in [0.5, 0.6) is 11.5 Å². The molecule has 2 atom stereocenters. The van der Waals surface area contributed by atoms with E-state index >= 15 is 0 Å². The van der Waals surface area contributed by atoms with E-state index in [0.717, 1.165) is 42.8 Å². The number of fused-ring (bicyclic) bond motifs is 4. The van der Waals surface area contributed by atoms with Crippen molar-refractivity contribution in [2.24, 2.45) is 0 Å². The molecule has 2 aromatic heterocycles. The topological polar surface area (TPSA) is 97.4 Å². The van der Waals surface area contributed by atoms with Crippen LogP contribution in [-0.4, -0.2) is 52.6 Å². The minimum atomic E-state index is -0.355. The Morgan fingerprint density at radius 1 is 1.24 bits per heavy atom. The number of hydrogen-bond donors (Lipinski definition) is 1. The molecule has 2 aliphatic rings. The lowest BCUT2D eigenvalue weighted by Gasteiger charge is -2.51. The third-order valence-corrected chi connectivity index (χ3v) is 7.31. The van der Waals surface area contributed by atoms with E-state index < -0.39 is 0 Å². The SMILES string of the molecule is COc1ccc(OC)c2c(=O)c(C(=O)N3CCC[C@@]4(C)c5nc(C)ncc5CCC34)c[nH]c12. The van der Waals surface area contributed by atoms with Crippen LogP contribution in [0, 0.1) is 6.92 Å². The van der Waals surface area contributed by atoms with Gasteiger partial charge in [-0.2, -0.15) is 0 Å². The van der Waals surface area contributed by atoms with Crippen molar-refractivity contribution in [3.05, 3.63) is 57.4 Å². The normalized spacial score (nSPS) is 21.9. The summed E-state index contributed by atoms with van der Waals surface area (Å²) >= 11 is 0. The minimum absolute atomic E-state index is 0.0251. The number of rotatable bonds is 3. The number of pyridine rings is 1. The molecule has 1 aliphatic heterocycles. The Balaban J connectivity index is 1.59. The number of aromatic amines is 1. The summed E-state index contributed by atoms with van der Waals surface area (Å²) in [6, 6.07) is 3.39. The molecule has 1 unspecified atom stereocenters. The maximum Gasteiger partial charge on any atom is 0.259 e. The molecular weight excluding hydrogens is 420 g/mol. The summed E-state index contributed by atoms with van der Waals surface area (Å²) in [6.45, 7) is 4.71. The molecule has 0 saturated carbocycles. The zero-order valence-electron chi connectivity index (χ0n) is 19.4. The summed E-state index contributed by atoms with van der Waals surface area (Å²) in [4.78, 5) is 41.5. The van der Waals surface area contributed by atoms with Crippen molar-refractivity contribution in [3.8, 4) is 11.5 Å². The average molecular weight is 449 g/mol. The second-order valence-corrected chi connectivity index (χ2v) is 9.12. The van der Waals surface area contributed by atoms with Crippen LogP contribution in [0.15, 0.2) is 29.3 Å². The molecule has 1 aliphatic carbocycles. The maximum absolute atomic E-state index is 13.8. The van der Waals surface area contributed by atoms with Crippen molar-refractivity contribution >= 4 is 16.8 Å². The quantitative estimate of drug-likeness (QED) is 0.661. The van der Waals surface area contributed by atoms with Gasteiger partial charge in [-0.1, -0.05) is 6.92 Å². The van der Waals surface area contributed by atoms with Crippen LogP contribution in [0.3, 0.4) is 0 Å². The molecular formula is C25H28N4O4. The van der Waals surface area contributed by atoms with Crippen molar-refractivity contribution < 1.29 is 14.3 Å². The molecule has 0 radical (unpaired) electrons. The number of nitrogens with one attached hydrogen (secondary N) is 1. The number of benzene rings is 1. The second kappa shape index (κ2) is 7.86. The van der Waals surface area contributed by atoms with Gasteiger partial charge in [0.25, 0.3) is 5.91 Å². The number of hydrogen-bond acceptors (Lipinski definition) is 6. The summed E-state index contributed by atoms with van der Waals surface area (Å²) in [6.07, 6.45) is 6.87. The van der Waals surface area contributed by atoms with Crippen LogP contribution in [0.25, 0.3) is 10.9 Å². The van der Waals surface area contributed by atoms with Gasteiger partial charge in [-0.25, -0.2) is 9.97 Å². The van der Waals surface area contributed by atoms with Gasteiger partial charge in [-0.15, -0.1) is 0 Å². The van der Waals surface area contributed by atoms with Gasteiger partial charge in [0.1, 0.15) is 22.9 Å². The minimum Gasteiger partial charge on any atom is -0.496 e. The van der Waals surface area contributed by atoms with Crippen molar-refractivity contribution in [2.75, 3.05) is 20.8 Å². The number of nitrogens with zero attached hydrogens (tertiary/aromatic N) is 3. The number of aromatic nitrogens is 3. The second-order valence-electron chi connectivity index (χ2n) is 9.12. The molecule has 1 fully saturated rings. The summed E-state index contributed by atoms with van der Waals surface area (Å²) in [5, 5.41) is 0.319. The predicted octanol–water partition coefficient (Wildman–Crippen LogP) is 3.15. The van der Waals surface area contributed by atoms with E-state index in [1.54, 1.807) is 19.2 Å². The Morgan fingerprint density at radius 3 is 2.76 bits per heavy atom. The summed E-state index contributed by atoms with van der Waals surface area (Å²) in [5.74, 6) is 1.41. The largest absolute Gasteiger partial charge is 0.496 e. The third kappa shape index (κ3) is 3.19. The molecule has 0 spiro atoms. The maximum atomic E-state index is 13.8. The molecule has 8 heteroatoms. The first kappa shape index (κ1) is 21.4. The smallest absolute Gasteiger partial charge is 0.259 e. The van der Waals surface area contributed by atoms with Gasteiger partial charge in [0.15, 0.2) is 0 Å². The van der Waals surface area contributed by atoms with Crippen LogP contribution >= 0.6 is 0 Å². The molecule has 3 heterocycles. The first-order valence-electron chi connectivity index (χ1n) is 11.3. The van der Waals surface area contributed by atoms with Crippen molar-refractivity contribution in [1.29, 1.82) is 0 Å². The molecule has 1 aromatic carbocycles. The molecule has 33 heavy (non-hydrogen) atoms. The van der Waals surface area contributed by atoms with Gasteiger partial charge in [-0.05, 0) is 50.3 Å². The summed E-state index contributed by atoms with van der Waals surface area (Å²) in [7, 11) is 3.05. The molecule has 1 saturated heterocycles. The van der Waals surface area contributed by atoms with Crippen LogP contribution in [-0.2, 0) is 11.8 Å². The number of piperidine rings is 1. The Kier molecular flexibility index (Phi) is 5.11. The van der Waals surface area contributed by atoms with E-state index in [4.69, 9.17) is 14.5 Å². The van der Waals surface area contributed by atoms with Crippen molar-refractivity contribution in [2.45, 2.75) is 51.0 Å². The highest BCUT2D eigenvalue weighted by Crippen LogP contribution is 2.45. The van der Waals surface area contributed by atoms with Gasteiger partial charge in [-0.3, -0.25) is 9.59 Å². The van der Waals surface area contributed by atoms with E-state index in [9.17, 15) is 9.59 Å². The Morgan fingerprint density at radius 2 is 2.00 bits per heavy atom. The molecule has 8 nitrogen and oxygen atoms in total. The highest BCUT2D eigenvalue weighted by atomic mass is 16.5. The Bertz CT molecular complexity index is 1320. The van der Waals surface area contributed by atoms with E-state index in [1.807, 2.05) is 18.0 Å². The monoisotopic (exact) mass is 448 g/mol. The average Bonchev–Trinajstić information content (AvgIpc) is 2.82. The molecule has 3 aromatic rings. The van der Waals surface area contributed by atoms with Crippen LogP contribution in [0.2, 0.25) is 0 Å². The number of aryl methyl sites for hydroxylation is 2. The molecule has 172 valence electrons. The zero-order chi connectivity index (χ0) is 23.3. The Labute approximate surface area is 192 Å². The first-order chi connectivity index (χ1) is 15.9. The van der Waals surface area contributed by atoms with E-state index in [1.165, 1.54) is 13.3 Å². The number of amides is 1. The fourth-order valence-corrected chi connectivity index (χ4v) is 5.67. The fraction of sp³-hybridized carbons (Fsp3) is 0.440. The lowest BCUT2D eigenvalue weighted by molar-refractivity contribution is 0.0377. The standard InChI is InChI=1S/C25H28N4O4/c1-14-26-12-15-6-9-19-25(2,23(15)28-14)10-5-11-29(19)24(31)16-13-27-21-18(33-4)8-7-17(32-3)20(21)22(16)30/h7-8,12-13,19H,5-6,9-11H2,1-4H3,(H,27,30)/t19?,25-/m1/s1. The molecule has 1 amide bonds. The molecule has 5 rings (SSSR count). The van der Waals surface area contributed by atoms with Crippen LogP contribution < -0.4 is 14.9 Å². The van der Waals surface area contributed by atoms with Crippen LogP contribution in [0.4, 0.5) is 0 Å². The fourth-order valence-electron chi connectivity index (χ4n) is 5.67. The van der Waals surface area contributed by atoms with Crippen molar-refractivity contribution in [1.82, 2.24) is 19.9 Å². The van der Waals surface area contributed by atoms with Gasteiger partial charge in [0.05, 0.1) is 30.8 Å². The number of methoxy groups -OCH3 is 2. The Hall–Kier alpha value is -3.42. The van der Waals surface area contributed by atoms with Crippen molar-refractivity contribution in [3.63, 3.8) is 0 Å². The number of likely N-dealkylation sites (tertiary alicyclic amines) is 1. The zero-order valence-corrected chi connectivity index (χ0v) is 19.4. The lowest BCUT2D eigenvalue weighted by atomic mass is 9.65. The third-order valence-electron chi connectivity index (χ3n) is 7.31. The molecule has 0 bridgehead atoms. The van der Waals surface area contributed by atoms with Gasteiger partial charge in [0.2, 0.25) is 5.43 Å². The number of H-pyrrole nitrogens is 1. The number of carbonyl (C=O) groups is 1. The van der Waals surface area contributed by atoms with E-state index in [-0.39, 0.29) is 28.4 Å². The summed E-state index contributed by atoms with van der Waals surface area (Å²) < 4.78 is 10.8. The highest BCUT2D eigenvalue weighted by molar-refractivity contribution is 6.00. The van der Waals surface area contributed by atoms with Gasteiger partial charge >= 0.3 is 0 Å². The first-order valence-corrected chi connectivity index (χ1v) is 11.3. The lowest BCUT2D eigenvalue weighted by Crippen LogP contribution is -2.58. The highest BCUT2D eigenvalue weighted by Gasteiger charge is 2.48.